The standard InChI is InChI=1S/C25H23N3O4/c1-30-23-11-8-18(12-24(23)31-2)25(29)28-27-15-19-14-26-22-13-20(9-10-21(19)22)32-16-17-6-4-3-5-7-17/h3-15,26H,16H2,1-2H3,(H,28,29). The minimum absolute atomic E-state index is 0.348. The number of H-pyrrole nitrogens is 1. The van der Waals surface area contributed by atoms with Crippen molar-refractivity contribution in [1.82, 2.24) is 10.4 Å². The average molecular weight is 429 g/mol. The van der Waals surface area contributed by atoms with Gasteiger partial charge in [-0.15, -0.1) is 0 Å². The third kappa shape index (κ3) is 4.73. The number of amides is 1. The lowest BCUT2D eigenvalue weighted by molar-refractivity contribution is 0.0954. The van der Waals surface area contributed by atoms with Crippen molar-refractivity contribution in [3.8, 4) is 17.2 Å². The fraction of sp³-hybridized carbons (Fsp3) is 0.120. The molecule has 1 amide bonds. The molecular weight excluding hydrogens is 406 g/mol. The molecule has 2 N–H and O–H groups in total. The average Bonchev–Trinajstić information content (AvgIpc) is 3.25. The topological polar surface area (TPSA) is 84.9 Å². The normalized spacial score (nSPS) is 10.9. The molecule has 4 aromatic rings. The van der Waals surface area contributed by atoms with Gasteiger partial charge in [0.05, 0.1) is 20.4 Å². The van der Waals surface area contributed by atoms with Crippen LogP contribution in [0.15, 0.2) is 78.0 Å². The molecule has 1 heterocycles. The highest BCUT2D eigenvalue weighted by Crippen LogP contribution is 2.27. The maximum atomic E-state index is 12.4. The highest BCUT2D eigenvalue weighted by atomic mass is 16.5. The van der Waals surface area contributed by atoms with Crippen molar-refractivity contribution >= 4 is 23.0 Å². The van der Waals surface area contributed by atoms with E-state index >= 15 is 0 Å². The third-order valence-corrected chi connectivity index (χ3v) is 4.95. The Balaban J connectivity index is 1.41. The first-order chi connectivity index (χ1) is 15.7. The zero-order valence-corrected chi connectivity index (χ0v) is 17.8. The Bertz CT molecular complexity index is 1250. The molecule has 0 unspecified atom stereocenters. The minimum atomic E-state index is -0.348. The highest BCUT2D eigenvalue weighted by molar-refractivity contribution is 6.00. The molecule has 7 heteroatoms. The van der Waals surface area contributed by atoms with Gasteiger partial charge in [0.2, 0.25) is 0 Å². The number of aromatic nitrogens is 1. The predicted molar refractivity (Wildman–Crippen MR) is 124 cm³/mol. The largest absolute Gasteiger partial charge is 0.493 e. The zero-order chi connectivity index (χ0) is 22.3. The first-order valence-electron chi connectivity index (χ1n) is 10.0. The van der Waals surface area contributed by atoms with Gasteiger partial charge in [-0.3, -0.25) is 4.79 Å². The summed E-state index contributed by atoms with van der Waals surface area (Å²) in [7, 11) is 3.06. The molecule has 0 fully saturated rings. The van der Waals surface area contributed by atoms with E-state index in [2.05, 4.69) is 15.5 Å². The molecule has 0 spiro atoms. The van der Waals surface area contributed by atoms with E-state index in [0.717, 1.165) is 27.8 Å². The Morgan fingerprint density at radius 3 is 2.59 bits per heavy atom. The van der Waals surface area contributed by atoms with Crippen molar-refractivity contribution < 1.29 is 19.0 Å². The van der Waals surface area contributed by atoms with Gasteiger partial charge in [-0.05, 0) is 35.9 Å². The van der Waals surface area contributed by atoms with Crippen LogP contribution >= 0.6 is 0 Å². The number of nitrogens with zero attached hydrogens (tertiary/aromatic N) is 1. The van der Waals surface area contributed by atoms with Gasteiger partial charge in [-0.2, -0.15) is 5.10 Å². The van der Waals surface area contributed by atoms with Crippen LogP contribution < -0.4 is 19.6 Å². The van der Waals surface area contributed by atoms with E-state index in [4.69, 9.17) is 14.2 Å². The van der Waals surface area contributed by atoms with Crippen molar-refractivity contribution in [3.63, 3.8) is 0 Å². The van der Waals surface area contributed by atoms with Crippen molar-refractivity contribution in [2.45, 2.75) is 6.61 Å². The fourth-order valence-electron chi connectivity index (χ4n) is 3.27. The third-order valence-electron chi connectivity index (χ3n) is 4.95. The lowest BCUT2D eigenvalue weighted by Crippen LogP contribution is -2.17. The quantitative estimate of drug-likeness (QED) is 0.318. The number of ether oxygens (including phenoxy) is 3. The van der Waals surface area contributed by atoms with E-state index in [1.165, 1.54) is 7.11 Å². The lowest BCUT2D eigenvalue weighted by Gasteiger charge is -2.08. The maximum absolute atomic E-state index is 12.4. The molecule has 0 bridgehead atoms. The summed E-state index contributed by atoms with van der Waals surface area (Å²) in [6.45, 7) is 0.504. The van der Waals surface area contributed by atoms with Crippen LogP contribution in [0.1, 0.15) is 21.5 Å². The van der Waals surface area contributed by atoms with Crippen molar-refractivity contribution in [2.75, 3.05) is 14.2 Å². The van der Waals surface area contributed by atoms with Gasteiger partial charge in [0, 0.05) is 34.3 Å². The summed E-state index contributed by atoms with van der Waals surface area (Å²) in [5.74, 6) is 1.46. The van der Waals surface area contributed by atoms with Crippen LogP contribution in [0.2, 0.25) is 0 Å². The number of nitrogens with one attached hydrogen (secondary N) is 2. The minimum Gasteiger partial charge on any atom is -0.493 e. The van der Waals surface area contributed by atoms with Gasteiger partial charge in [0.1, 0.15) is 12.4 Å². The second-order valence-electron chi connectivity index (χ2n) is 6.99. The molecule has 0 aliphatic rings. The second kappa shape index (κ2) is 9.70. The number of hydrogen-bond donors (Lipinski definition) is 2. The van der Waals surface area contributed by atoms with Crippen LogP contribution in [0, 0.1) is 0 Å². The fourth-order valence-corrected chi connectivity index (χ4v) is 3.27. The van der Waals surface area contributed by atoms with Gasteiger partial charge in [0.15, 0.2) is 11.5 Å². The molecular formula is C25H23N3O4. The number of aromatic amines is 1. The number of hydrazone groups is 1. The maximum Gasteiger partial charge on any atom is 0.271 e. The molecule has 1 aromatic heterocycles. The molecule has 0 atom stereocenters. The smallest absolute Gasteiger partial charge is 0.271 e. The molecule has 32 heavy (non-hydrogen) atoms. The number of fused-ring (bicyclic) bond motifs is 1. The molecule has 162 valence electrons. The Labute approximate surface area is 185 Å². The van der Waals surface area contributed by atoms with Crippen molar-refractivity contribution in [1.29, 1.82) is 0 Å². The van der Waals surface area contributed by atoms with Gasteiger partial charge >= 0.3 is 0 Å². The molecule has 0 aliphatic carbocycles. The van der Waals surface area contributed by atoms with Gasteiger partial charge in [-0.25, -0.2) is 5.43 Å². The second-order valence-corrected chi connectivity index (χ2v) is 6.99. The van der Waals surface area contributed by atoms with Crippen LogP contribution in [0.5, 0.6) is 17.2 Å². The van der Waals surface area contributed by atoms with Crippen LogP contribution in [0.3, 0.4) is 0 Å². The number of methoxy groups -OCH3 is 2. The number of hydrogen-bond acceptors (Lipinski definition) is 5. The number of carbonyl (C=O) groups is 1. The molecule has 3 aromatic carbocycles. The molecule has 4 rings (SSSR count). The van der Waals surface area contributed by atoms with Gasteiger partial charge < -0.3 is 19.2 Å². The van der Waals surface area contributed by atoms with Gasteiger partial charge in [-0.1, -0.05) is 30.3 Å². The number of rotatable bonds is 8. The number of benzene rings is 3. The zero-order valence-electron chi connectivity index (χ0n) is 17.8. The molecule has 0 radical (unpaired) electrons. The van der Waals surface area contributed by atoms with Crippen molar-refractivity contribution in [3.05, 3.63) is 89.6 Å². The van der Waals surface area contributed by atoms with E-state index < -0.39 is 0 Å². The van der Waals surface area contributed by atoms with E-state index in [1.54, 1.807) is 31.5 Å². The Morgan fingerprint density at radius 2 is 1.81 bits per heavy atom. The monoisotopic (exact) mass is 429 g/mol. The Hall–Kier alpha value is -4.26. The van der Waals surface area contributed by atoms with E-state index in [0.29, 0.717) is 23.7 Å². The Morgan fingerprint density at radius 1 is 1.00 bits per heavy atom. The van der Waals surface area contributed by atoms with Crippen LogP contribution in [-0.2, 0) is 6.61 Å². The lowest BCUT2D eigenvalue weighted by atomic mass is 10.2. The van der Waals surface area contributed by atoms with Crippen LogP contribution in [0.4, 0.5) is 0 Å². The van der Waals surface area contributed by atoms with Crippen molar-refractivity contribution in [2.24, 2.45) is 5.10 Å². The summed E-state index contributed by atoms with van der Waals surface area (Å²) in [6, 6.07) is 20.8. The molecule has 0 saturated heterocycles. The van der Waals surface area contributed by atoms with E-state index in [1.807, 2.05) is 54.7 Å². The SMILES string of the molecule is COc1ccc(C(=O)NN=Cc2c[nH]c3cc(OCc4ccccc4)ccc23)cc1OC. The molecule has 0 saturated carbocycles. The summed E-state index contributed by atoms with van der Waals surface area (Å²) < 4.78 is 16.3. The molecule has 0 aliphatic heterocycles. The van der Waals surface area contributed by atoms with Crippen LogP contribution in [-0.4, -0.2) is 31.3 Å². The van der Waals surface area contributed by atoms with E-state index in [9.17, 15) is 4.79 Å². The summed E-state index contributed by atoms with van der Waals surface area (Å²) in [5.41, 5.74) is 5.83. The predicted octanol–water partition coefficient (Wildman–Crippen LogP) is 4.53. The molecule has 7 nitrogen and oxygen atoms in total. The number of carbonyl (C=O) groups excluding carboxylic acids is 1. The summed E-state index contributed by atoms with van der Waals surface area (Å²) in [5, 5.41) is 5.06. The van der Waals surface area contributed by atoms with Gasteiger partial charge in [0.25, 0.3) is 5.91 Å². The summed E-state index contributed by atoms with van der Waals surface area (Å²) >= 11 is 0. The van der Waals surface area contributed by atoms with Crippen LogP contribution in [0.25, 0.3) is 10.9 Å². The first-order valence-corrected chi connectivity index (χ1v) is 10.0. The summed E-state index contributed by atoms with van der Waals surface area (Å²) in [4.78, 5) is 15.6. The Kier molecular flexibility index (Phi) is 6.36. The highest BCUT2D eigenvalue weighted by Gasteiger charge is 2.10. The first kappa shape index (κ1) is 21.0. The van der Waals surface area contributed by atoms with E-state index in [-0.39, 0.29) is 5.91 Å². The summed E-state index contributed by atoms with van der Waals surface area (Å²) in [6.07, 6.45) is 3.43.